The van der Waals surface area contributed by atoms with Gasteiger partial charge in [0, 0.05) is 12.4 Å². The van der Waals surface area contributed by atoms with E-state index in [4.69, 9.17) is 39.1 Å². The number of hydrogen-bond donors (Lipinski definition) is 0. The molecule has 0 aliphatic carbocycles. The topological polar surface area (TPSA) is 83.3 Å². The number of esters is 1. The molecule has 2 aromatic carbocycles. The molecule has 0 saturated heterocycles. The third kappa shape index (κ3) is 4.92. The molecule has 0 bridgehead atoms. The number of ether oxygens (including phenoxy) is 2. The van der Waals surface area contributed by atoms with Crippen molar-refractivity contribution in [1.82, 2.24) is 14.5 Å². The van der Waals surface area contributed by atoms with E-state index in [1.54, 1.807) is 19.9 Å². The highest BCUT2D eigenvalue weighted by Crippen LogP contribution is 2.45. The number of carbonyl (C=O) groups excluding carboxylic acids is 1. The molecule has 4 aromatic rings. The molecule has 2 aromatic heterocycles. The van der Waals surface area contributed by atoms with Crippen molar-refractivity contribution in [3.8, 4) is 35.0 Å². The van der Waals surface area contributed by atoms with Gasteiger partial charge in [0.2, 0.25) is 0 Å². The Labute approximate surface area is 217 Å². The van der Waals surface area contributed by atoms with Crippen molar-refractivity contribution in [2.75, 3.05) is 0 Å². The van der Waals surface area contributed by atoms with E-state index in [0.29, 0.717) is 0 Å². The van der Waals surface area contributed by atoms with Crippen molar-refractivity contribution in [2.45, 2.75) is 27.0 Å². The smallest absolute Gasteiger partial charge is 0.313 e. The van der Waals surface area contributed by atoms with Gasteiger partial charge in [-0.3, -0.25) is 14.2 Å². The minimum Gasteiger partial charge on any atom is -0.487 e. The summed E-state index contributed by atoms with van der Waals surface area (Å²) in [5.74, 6) is 1.47. The quantitative estimate of drug-likeness (QED) is 0.234. The fraction of sp³-hybridized carbons (Fsp3) is 0.185. The third-order valence-electron chi connectivity index (χ3n) is 5.29. The van der Waals surface area contributed by atoms with Gasteiger partial charge in [-0.1, -0.05) is 73.3 Å². The average molecular weight is 522 g/mol. The van der Waals surface area contributed by atoms with Crippen LogP contribution in [0.1, 0.15) is 19.4 Å². The first-order chi connectivity index (χ1) is 17.3. The monoisotopic (exact) mass is 521 g/mol. The SMILES string of the molecule is C#CCn1c(=O)c(-c2c(Cl)ccc(Cl)c2OCc2ccccc2)c(OC(=O)C(C)C)c2nccnc21. The van der Waals surface area contributed by atoms with E-state index >= 15 is 0 Å². The summed E-state index contributed by atoms with van der Waals surface area (Å²) in [5, 5.41) is 0.380. The number of hydrogen-bond acceptors (Lipinski definition) is 6. The van der Waals surface area contributed by atoms with Crippen LogP contribution in [0.3, 0.4) is 0 Å². The van der Waals surface area contributed by atoms with Crippen LogP contribution in [0.5, 0.6) is 11.5 Å². The predicted octanol–water partition coefficient (Wildman–Crippen LogP) is 5.54. The first-order valence-electron chi connectivity index (χ1n) is 11.0. The van der Waals surface area contributed by atoms with E-state index in [0.717, 1.165) is 5.56 Å². The van der Waals surface area contributed by atoms with Gasteiger partial charge in [-0.2, -0.15) is 0 Å². The van der Waals surface area contributed by atoms with Crippen LogP contribution < -0.4 is 15.0 Å². The number of aromatic nitrogens is 3. The Balaban J connectivity index is 2.04. The Kier molecular flexibility index (Phi) is 7.58. The molecule has 36 heavy (non-hydrogen) atoms. The molecule has 0 radical (unpaired) electrons. The number of carbonyl (C=O) groups is 1. The summed E-state index contributed by atoms with van der Waals surface area (Å²) in [7, 11) is 0. The average Bonchev–Trinajstić information content (AvgIpc) is 2.88. The highest BCUT2D eigenvalue weighted by Gasteiger charge is 2.29. The van der Waals surface area contributed by atoms with Crippen molar-refractivity contribution in [3.63, 3.8) is 0 Å². The molecule has 0 aliphatic rings. The largest absolute Gasteiger partial charge is 0.487 e. The normalized spacial score (nSPS) is 10.9. The second kappa shape index (κ2) is 10.8. The van der Waals surface area contributed by atoms with Gasteiger partial charge < -0.3 is 9.47 Å². The lowest BCUT2D eigenvalue weighted by Crippen LogP contribution is -2.26. The Morgan fingerprint density at radius 2 is 1.72 bits per heavy atom. The molecule has 2 heterocycles. The van der Waals surface area contributed by atoms with E-state index in [2.05, 4.69) is 15.9 Å². The van der Waals surface area contributed by atoms with E-state index in [-0.39, 0.29) is 57.0 Å². The zero-order valence-corrected chi connectivity index (χ0v) is 21.0. The molecule has 0 fully saturated rings. The number of terminal acetylenes is 1. The van der Waals surface area contributed by atoms with Gasteiger partial charge in [0.1, 0.15) is 17.9 Å². The number of pyridine rings is 1. The van der Waals surface area contributed by atoms with Crippen LogP contribution in [0.15, 0.2) is 59.7 Å². The van der Waals surface area contributed by atoms with Crippen LogP contribution in [-0.2, 0) is 17.9 Å². The zero-order chi connectivity index (χ0) is 25.8. The van der Waals surface area contributed by atoms with E-state index in [1.165, 1.54) is 23.0 Å². The summed E-state index contributed by atoms with van der Waals surface area (Å²) in [4.78, 5) is 35.2. The standard InChI is InChI=1S/C27H21Cl2N3O4/c1-4-14-32-25-22(30-12-13-31-25)24(36-27(34)16(2)3)21(26(32)33)20-18(28)10-11-19(29)23(20)35-15-17-8-6-5-7-9-17/h1,5-13,16H,14-15H2,2-3H3. The molecule has 0 unspecified atom stereocenters. The fourth-order valence-corrected chi connectivity index (χ4v) is 4.00. The minimum atomic E-state index is -0.582. The Hall–Kier alpha value is -3.86. The molecular formula is C27H21Cl2N3O4. The van der Waals surface area contributed by atoms with Crippen molar-refractivity contribution >= 4 is 40.3 Å². The fourth-order valence-electron chi connectivity index (χ4n) is 3.55. The zero-order valence-electron chi connectivity index (χ0n) is 19.5. The van der Waals surface area contributed by atoms with Crippen molar-refractivity contribution < 1.29 is 14.3 Å². The maximum Gasteiger partial charge on any atom is 0.313 e. The van der Waals surface area contributed by atoms with Crippen molar-refractivity contribution in [2.24, 2.45) is 5.92 Å². The second-order valence-electron chi connectivity index (χ2n) is 8.11. The molecule has 7 nitrogen and oxygen atoms in total. The lowest BCUT2D eigenvalue weighted by molar-refractivity contribution is -0.137. The predicted molar refractivity (Wildman–Crippen MR) is 139 cm³/mol. The highest BCUT2D eigenvalue weighted by molar-refractivity contribution is 6.37. The summed E-state index contributed by atoms with van der Waals surface area (Å²) >= 11 is 13.2. The van der Waals surface area contributed by atoms with Gasteiger partial charge in [0.15, 0.2) is 11.4 Å². The molecule has 0 aliphatic heterocycles. The van der Waals surface area contributed by atoms with Gasteiger partial charge >= 0.3 is 5.97 Å². The Morgan fingerprint density at radius 1 is 1.03 bits per heavy atom. The molecule has 0 N–H and O–H groups in total. The molecule has 0 saturated carbocycles. The van der Waals surface area contributed by atoms with Gasteiger partial charge in [0.05, 0.1) is 33.6 Å². The van der Waals surface area contributed by atoms with Crippen LogP contribution in [0.2, 0.25) is 10.0 Å². The number of fused-ring (bicyclic) bond motifs is 1. The maximum atomic E-state index is 13.9. The highest BCUT2D eigenvalue weighted by atomic mass is 35.5. The summed E-state index contributed by atoms with van der Waals surface area (Å²) in [6.45, 7) is 3.41. The maximum absolute atomic E-state index is 13.9. The van der Waals surface area contributed by atoms with Crippen LogP contribution in [0.25, 0.3) is 22.3 Å². The van der Waals surface area contributed by atoms with Crippen molar-refractivity contribution in [3.05, 3.63) is 80.8 Å². The first kappa shape index (κ1) is 25.2. The number of halogens is 2. The number of benzene rings is 2. The number of rotatable bonds is 7. The van der Waals surface area contributed by atoms with Crippen molar-refractivity contribution in [1.29, 1.82) is 0 Å². The molecule has 9 heteroatoms. The molecule has 182 valence electrons. The lowest BCUT2D eigenvalue weighted by Gasteiger charge is -2.19. The van der Waals surface area contributed by atoms with Gasteiger partial charge in [-0.15, -0.1) is 6.42 Å². The number of nitrogens with zero attached hydrogens (tertiary/aromatic N) is 3. The van der Waals surface area contributed by atoms with Gasteiger partial charge in [-0.05, 0) is 17.7 Å². The molecule has 4 rings (SSSR count). The summed E-state index contributed by atoms with van der Waals surface area (Å²) in [6.07, 6.45) is 8.40. The van der Waals surface area contributed by atoms with Crippen LogP contribution in [0.4, 0.5) is 0 Å². The Morgan fingerprint density at radius 3 is 2.42 bits per heavy atom. The summed E-state index contributed by atoms with van der Waals surface area (Å²) in [6, 6.07) is 12.5. The summed E-state index contributed by atoms with van der Waals surface area (Å²) in [5.41, 5.74) is 0.737. The third-order valence-corrected chi connectivity index (χ3v) is 5.91. The Bertz CT molecular complexity index is 1540. The summed E-state index contributed by atoms with van der Waals surface area (Å²) < 4.78 is 13.1. The molecule has 0 spiro atoms. The van der Waals surface area contributed by atoms with Crippen LogP contribution >= 0.6 is 23.2 Å². The van der Waals surface area contributed by atoms with Gasteiger partial charge in [0.25, 0.3) is 5.56 Å². The molecule has 0 amide bonds. The van der Waals surface area contributed by atoms with Crippen LogP contribution in [0, 0.1) is 18.3 Å². The minimum absolute atomic E-state index is 0.0530. The van der Waals surface area contributed by atoms with Gasteiger partial charge in [-0.25, -0.2) is 9.97 Å². The second-order valence-corrected chi connectivity index (χ2v) is 8.93. The van der Waals surface area contributed by atoms with E-state index in [9.17, 15) is 9.59 Å². The molecule has 0 atom stereocenters. The first-order valence-corrected chi connectivity index (χ1v) is 11.8. The van der Waals surface area contributed by atoms with Crippen LogP contribution in [-0.4, -0.2) is 20.5 Å². The molecular weight excluding hydrogens is 501 g/mol. The van der Waals surface area contributed by atoms with E-state index < -0.39 is 17.4 Å². The van der Waals surface area contributed by atoms with E-state index in [1.807, 2.05) is 30.3 Å². The lowest BCUT2D eigenvalue weighted by atomic mass is 10.0.